The molecular formula is C15H13N3OS. The van der Waals surface area contributed by atoms with Crippen LogP contribution in [0.4, 0.5) is 0 Å². The van der Waals surface area contributed by atoms with Gasteiger partial charge in [0.1, 0.15) is 10.7 Å². The fourth-order valence-electron chi connectivity index (χ4n) is 2.02. The number of pyridine rings is 1. The topological polar surface area (TPSA) is 57.8 Å². The van der Waals surface area contributed by atoms with Gasteiger partial charge in [-0.15, -0.1) is 0 Å². The number of carbonyl (C=O) groups excluding carboxylic acids is 1. The molecule has 100 valence electrons. The van der Waals surface area contributed by atoms with E-state index in [0.717, 1.165) is 20.8 Å². The summed E-state index contributed by atoms with van der Waals surface area (Å²) in [4.78, 5) is 20.4. The fraction of sp³-hybridized carbons (Fsp3) is 0.0667. The van der Waals surface area contributed by atoms with E-state index >= 15 is 0 Å². The first-order chi connectivity index (χ1) is 9.79. The Hall–Kier alpha value is -2.27. The van der Waals surface area contributed by atoms with Crippen LogP contribution in [0.15, 0.2) is 58.6 Å². The van der Waals surface area contributed by atoms with Gasteiger partial charge in [0.15, 0.2) is 0 Å². The Labute approximate surface area is 120 Å². The van der Waals surface area contributed by atoms with E-state index in [1.165, 1.54) is 11.8 Å². The normalized spacial score (nSPS) is 10.7. The standard InChI is InChI=1S/C15H13N3OS/c1-16-15(19)13-14(20-12-8-4-5-9-17-12)10-6-2-3-7-11(10)18-13/h2-9,18H,1H3,(H,16,19). The molecule has 0 saturated heterocycles. The van der Waals surface area contributed by atoms with Gasteiger partial charge in [0.2, 0.25) is 0 Å². The smallest absolute Gasteiger partial charge is 0.268 e. The molecule has 2 N–H and O–H groups in total. The Kier molecular flexibility index (Phi) is 3.43. The quantitative estimate of drug-likeness (QED) is 0.776. The van der Waals surface area contributed by atoms with E-state index in [1.54, 1.807) is 13.2 Å². The van der Waals surface area contributed by atoms with E-state index in [4.69, 9.17) is 0 Å². The number of rotatable bonds is 3. The Morgan fingerprint density at radius 3 is 2.75 bits per heavy atom. The average molecular weight is 283 g/mol. The molecule has 20 heavy (non-hydrogen) atoms. The number of H-pyrrole nitrogens is 1. The van der Waals surface area contributed by atoms with Crippen molar-refractivity contribution in [3.05, 3.63) is 54.4 Å². The van der Waals surface area contributed by atoms with Crippen molar-refractivity contribution in [2.24, 2.45) is 0 Å². The maximum absolute atomic E-state index is 12.0. The van der Waals surface area contributed by atoms with Crippen LogP contribution in [0.5, 0.6) is 0 Å². The lowest BCUT2D eigenvalue weighted by molar-refractivity contribution is 0.0956. The van der Waals surface area contributed by atoms with Gasteiger partial charge in [0, 0.05) is 24.1 Å². The fourth-order valence-corrected chi connectivity index (χ4v) is 3.02. The van der Waals surface area contributed by atoms with Crippen molar-refractivity contribution < 1.29 is 4.79 Å². The molecule has 0 aliphatic heterocycles. The van der Waals surface area contributed by atoms with Crippen molar-refractivity contribution in [2.45, 2.75) is 9.92 Å². The van der Waals surface area contributed by atoms with Crippen LogP contribution in [0.3, 0.4) is 0 Å². The molecule has 3 rings (SSSR count). The van der Waals surface area contributed by atoms with E-state index in [1.807, 2.05) is 42.5 Å². The minimum atomic E-state index is -0.125. The molecule has 0 aliphatic carbocycles. The second-order valence-corrected chi connectivity index (χ2v) is 5.25. The van der Waals surface area contributed by atoms with Crippen molar-refractivity contribution in [1.82, 2.24) is 15.3 Å². The summed E-state index contributed by atoms with van der Waals surface area (Å²) in [6.45, 7) is 0. The molecule has 2 aromatic heterocycles. The third-order valence-corrected chi connectivity index (χ3v) is 4.04. The molecule has 1 aromatic carbocycles. The molecule has 1 amide bonds. The van der Waals surface area contributed by atoms with Gasteiger partial charge < -0.3 is 10.3 Å². The Morgan fingerprint density at radius 1 is 1.20 bits per heavy atom. The summed E-state index contributed by atoms with van der Waals surface area (Å²) in [6.07, 6.45) is 1.75. The molecular weight excluding hydrogens is 270 g/mol. The zero-order valence-corrected chi connectivity index (χ0v) is 11.7. The summed E-state index contributed by atoms with van der Waals surface area (Å²) < 4.78 is 0. The van der Waals surface area contributed by atoms with E-state index in [-0.39, 0.29) is 5.91 Å². The third-order valence-electron chi connectivity index (χ3n) is 2.96. The summed E-state index contributed by atoms with van der Waals surface area (Å²) >= 11 is 1.49. The molecule has 2 heterocycles. The maximum Gasteiger partial charge on any atom is 0.268 e. The summed E-state index contributed by atoms with van der Waals surface area (Å²) in [5, 5.41) is 4.56. The molecule has 0 atom stereocenters. The van der Waals surface area contributed by atoms with Crippen LogP contribution >= 0.6 is 11.8 Å². The number of hydrogen-bond acceptors (Lipinski definition) is 3. The van der Waals surface area contributed by atoms with Gasteiger partial charge in [-0.05, 0) is 18.2 Å². The van der Waals surface area contributed by atoms with Crippen molar-refractivity contribution in [1.29, 1.82) is 0 Å². The van der Waals surface area contributed by atoms with Gasteiger partial charge >= 0.3 is 0 Å². The first-order valence-electron chi connectivity index (χ1n) is 6.21. The van der Waals surface area contributed by atoms with E-state index in [2.05, 4.69) is 15.3 Å². The monoisotopic (exact) mass is 283 g/mol. The molecule has 0 radical (unpaired) electrons. The lowest BCUT2D eigenvalue weighted by Gasteiger charge is -2.03. The number of nitrogens with one attached hydrogen (secondary N) is 2. The molecule has 0 bridgehead atoms. The molecule has 5 heteroatoms. The number of carbonyl (C=O) groups is 1. The number of hydrogen-bond donors (Lipinski definition) is 2. The largest absolute Gasteiger partial charge is 0.354 e. The predicted molar refractivity (Wildman–Crippen MR) is 80.0 cm³/mol. The Morgan fingerprint density at radius 2 is 2.00 bits per heavy atom. The predicted octanol–water partition coefficient (Wildman–Crippen LogP) is 3.07. The van der Waals surface area contributed by atoms with Crippen molar-refractivity contribution in [2.75, 3.05) is 7.05 Å². The lowest BCUT2D eigenvalue weighted by Crippen LogP contribution is -2.18. The van der Waals surface area contributed by atoms with Gasteiger partial charge in [0.05, 0.1) is 4.90 Å². The SMILES string of the molecule is CNC(=O)c1[nH]c2ccccc2c1Sc1ccccn1. The number of fused-ring (bicyclic) bond motifs is 1. The van der Waals surface area contributed by atoms with Crippen molar-refractivity contribution >= 4 is 28.6 Å². The van der Waals surface area contributed by atoms with Crippen LogP contribution in [0.2, 0.25) is 0 Å². The zero-order chi connectivity index (χ0) is 13.9. The van der Waals surface area contributed by atoms with E-state index in [9.17, 15) is 4.79 Å². The summed E-state index contributed by atoms with van der Waals surface area (Å²) in [7, 11) is 1.63. The molecule has 4 nitrogen and oxygen atoms in total. The van der Waals surface area contributed by atoms with Gasteiger partial charge in [-0.1, -0.05) is 36.0 Å². The minimum Gasteiger partial charge on any atom is -0.354 e. The number of nitrogens with zero attached hydrogens (tertiary/aromatic N) is 1. The van der Waals surface area contributed by atoms with Crippen molar-refractivity contribution in [3.63, 3.8) is 0 Å². The molecule has 0 saturated carbocycles. The van der Waals surface area contributed by atoms with Crippen LogP contribution in [-0.2, 0) is 0 Å². The van der Waals surface area contributed by atoms with Crippen LogP contribution < -0.4 is 5.32 Å². The van der Waals surface area contributed by atoms with Crippen LogP contribution in [-0.4, -0.2) is 22.9 Å². The highest BCUT2D eigenvalue weighted by molar-refractivity contribution is 7.99. The van der Waals surface area contributed by atoms with Gasteiger partial charge in [0.25, 0.3) is 5.91 Å². The Balaban J connectivity index is 2.13. The number of aromatic amines is 1. The van der Waals surface area contributed by atoms with Gasteiger partial charge in [-0.2, -0.15) is 0 Å². The maximum atomic E-state index is 12.0. The van der Waals surface area contributed by atoms with Gasteiger partial charge in [-0.3, -0.25) is 4.79 Å². The second-order valence-electron chi connectivity index (χ2n) is 4.22. The first kappa shape index (κ1) is 12.7. The number of para-hydroxylation sites is 1. The molecule has 0 spiro atoms. The summed E-state index contributed by atoms with van der Waals surface area (Å²) in [5.41, 5.74) is 1.52. The van der Waals surface area contributed by atoms with Crippen molar-refractivity contribution in [3.8, 4) is 0 Å². The second kappa shape index (κ2) is 5.38. The highest BCUT2D eigenvalue weighted by Crippen LogP contribution is 2.35. The highest BCUT2D eigenvalue weighted by Gasteiger charge is 2.17. The van der Waals surface area contributed by atoms with Crippen LogP contribution in [0.25, 0.3) is 10.9 Å². The first-order valence-corrected chi connectivity index (χ1v) is 7.03. The van der Waals surface area contributed by atoms with Gasteiger partial charge in [-0.25, -0.2) is 4.98 Å². The molecule has 0 fully saturated rings. The van der Waals surface area contributed by atoms with E-state index in [0.29, 0.717) is 5.69 Å². The molecule has 3 aromatic rings. The summed E-state index contributed by atoms with van der Waals surface area (Å²) in [6, 6.07) is 13.6. The third kappa shape index (κ3) is 2.28. The molecule has 0 aliphatic rings. The lowest BCUT2D eigenvalue weighted by atomic mass is 10.2. The van der Waals surface area contributed by atoms with E-state index < -0.39 is 0 Å². The van der Waals surface area contributed by atoms with Crippen LogP contribution in [0.1, 0.15) is 10.5 Å². The minimum absolute atomic E-state index is 0.125. The number of benzene rings is 1. The molecule has 0 unspecified atom stereocenters. The Bertz CT molecular complexity index is 752. The highest BCUT2D eigenvalue weighted by atomic mass is 32.2. The summed E-state index contributed by atoms with van der Waals surface area (Å²) in [5.74, 6) is -0.125. The van der Waals surface area contributed by atoms with Crippen LogP contribution in [0, 0.1) is 0 Å². The number of aromatic nitrogens is 2. The average Bonchev–Trinajstić information content (AvgIpc) is 2.86. The number of amides is 1. The zero-order valence-electron chi connectivity index (χ0n) is 10.9.